The van der Waals surface area contributed by atoms with Crippen LogP contribution in [0.25, 0.3) is 0 Å². The normalized spacial score (nSPS) is 16.8. The van der Waals surface area contributed by atoms with Gasteiger partial charge in [-0.05, 0) is 51.2 Å². The lowest BCUT2D eigenvalue weighted by Gasteiger charge is -2.34. The highest BCUT2D eigenvalue weighted by molar-refractivity contribution is 7.17. The second-order valence-electron chi connectivity index (χ2n) is 8.22. The lowest BCUT2D eigenvalue weighted by Crippen LogP contribution is -2.50. The molecule has 0 saturated carbocycles. The van der Waals surface area contributed by atoms with Crippen molar-refractivity contribution in [3.63, 3.8) is 0 Å². The van der Waals surface area contributed by atoms with Gasteiger partial charge in [0, 0.05) is 31.1 Å². The Balaban J connectivity index is 1.34. The van der Waals surface area contributed by atoms with Gasteiger partial charge in [0.1, 0.15) is 16.5 Å². The Hall–Kier alpha value is -2.65. The fraction of sp³-hybridized carbons (Fsp3) is 0.500. The molecule has 2 aliphatic rings. The molecule has 3 amide bonds. The Morgan fingerprint density at radius 1 is 1.13 bits per heavy atom. The first-order valence-corrected chi connectivity index (χ1v) is 11.5. The van der Waals surface area contributed by atoms with Crippen LogP contribution < -0.4 is 11.1 Å². The number of nitrogens with two attached hydrogens (primary N) is 1. The van der Waals surface area contributed by atoms with Crippen LogP contribution in [0.15, 0.2) is 10.5 Å². The number of piperazine rings is 1. The van der Waals surface area contributed by atoms with E-state index < -0.39 is 5.91 Å². The molecule has 8 nitrogen and oxygen atoms in total. The van der Waals surface area contributed by atoms with Gasteiger partial charge in [-0.25, -0.2) is 0 Å². The first-order chi connectivity index (χ1) is 14.8. The summed E-state index contributed by atoms with van der Waals surface area (Å²) in [5, 5.41) is 3.48. The molecule has 2 aromatic rings. The number of nitrogens with zero attached hydrogens (tertiary/aromatic N) is 2. The number of primary amides is 1. The monoisotopic (exact) mass is 444 g/mol. The maximum absolute atomic E-state index is 12.7. The zero-order valence-electron chi connectivity index (χ0n) is 18.0. The largest absolute Gasteiger partial charge is 0.466 e. The molecule has 4 rings (SSSR count). The van der Waals surface area contributed by atoms with E-state index >= 15 is 0 Å². The Kier molecular flexibility index (Phi) is 6.15. The number of anilines is 1. The summed E-state index contributed by atoms with van der Waals surface area (Å²) in [6, 6.07) is 1.77. The smallest absolute Gasteiger partial charge is 0.257 e. The summed E-state index contributed by atoms with van der Waals surface area (Å²) < 4.78 is 5.47. The van der Waals surface area contributed by atoms with Crippen molar-refractivity contribution in [1.29, 1.82) is 0 Å². The summed E-state index contributed by atoms with van der Waals surface area (Å²) in [4.78, 5) is 42.4. The number of rotatable bonds is 5. The van der Waals surface area contributed by atoms with Gasteiger partial charge < -0.3 is 20.4 Å². The topological polar surface area (TPSA) is 109 Å². The molecule has 166 valence electrons. The molecule has 9 heteroatoms. The average molecular weight is 445 g/mol. The van der Waals surface area contributed by atoms with E-state index in [4.69, 9.17) is 10.2 Å². The minimum absolute atomic E-state index is 0.0336. The Labute approximate surface area is 185 Å². The third kappa shape index (κ3) is 4.52. The number of thiophene rings is 1. The number of furan rings is 1. The summed E-state index contributed by atoms with van der Waals surface area (Å²) in [6.45, 7) is 6.16. The van der Waals surface area contributed by atoms with E-state index in [9.17, 15) is 14.4 Å². The molecule has 3 N–H and O–H groups in total. The van der Waals surface area contributed by atoms with Crippen molar-refractivity contribution >= 4 is 34.1 Å². The van der Waals surface area contributed by atoms with Crippen LogP contribution in [0.4, 0.5) is 5.00 Å². The quantitative estimate of drug-likeness (QED) is 0.736. The standard InChI is InChI=1S/C22H28N4O4S/c1-13-11-16(14(2)30-13)22(29)26-9-7-25(8-10-26)12-18(27)24-21-19(20(23)28)15-5-3-4-6-17(15)31-21/h11H,3-10,12H2,1-2H3,(H2,23,28)(H,24,27). The fourth-order valence-corrected chi connectivity index (χ4v) is 5.72. The number of carbonyl (C=O) groups is 3. The molecule has 1 aliphatic heterocycles. The van der Waals surface area contributed by atoms with Gasteiger partial charge in [-0.15, -0.1) is 11.3 Å². The molecular weight excluding hydrogens is 416 g/mol. The van der Waals surface area contributed by atoms with Crippen molar-refractivity contribution in [2.24, 2.45) is 5.73 Å². The predicted octanol–water partition coefficient (Wildman–Crippen LogP) is 2.33. The second kappa shape index (κ2) is 8.84. The molecule has 3 heterocycles. The van der Waals surface area contributed by atoms with Gasteiger partial charge in [-0.2, -0.15) is 0 Å². The zero-order chi connectivity index (χ0) is 22.1. The zero-order valence-corrected chi connectivity index (χ0v) is 18.8. The molecule has 0 spiro atoms. The number of hydrogen-bond acceptors (Lipinski definition) is 6. The van der Waals surface area contributed by atoms with E-state index in [0.717, 1.165) is 41.9 Å². The summed E-state index contributed by atoms with van der Waals surface area (Å²) in [7, 11) is 0. The second-order valence-corrected chi connectivity index (χ2v) is 9.33. The lowest BCUT2D eigenvalue weighted by atomic mass is 9.95. The van der Waals surface area contributed by atoms with Gasteiger partial charge in [-0.1, -0.05) is 0 Å². The van der Waals surface area contributed by atoms with Crippen LogP contribution in [0.1, 0.15) is 55.5 Å². The minimum atomic E-state index is -0.480. The molecule has 0 radical (unpaired) electrons. The Morgan fingerprint density at radius 3 is 2.48 bits per heavy atom. The maximum Gasteiger partial charge on any atom is 0.257 e. The minimum Gasteiger partial charge on any atom is -0.466 e. The number of hydrogen-bond donors (Lipinski definition) is 2. The fourth-order valence-electron chi connectivity index (χ4n) is 4.41. The van der Waals surface area contributed by atoms with Crippen molar-refractivity contribution in [2.45, 2.75) is 39.5 Å². The molecule has 0 unspecified atom stereocenters. The highest BCUT2D eigenvalue weighted by Gasteiger charge is 2.27. The van der Waals surface area contributed by atoms with Crippen LogP contribution in [-0.2, 0) is 17.6 Å². The average Bonchev–Trinajstić information content (AvgIpc) is 3.26. The van der Waals surface area contributed by atoms with Crippen molar-refractivity contribution in [3.8, 4) is 0 Å². The molecule has 0 aromatic carbocycles. The van der Waals surface area contributed by atoms with E-state index in [1.54, 1.807) is 17.9 Å². The summed E-state index contributed by atoms with van der Waals surface area (Å²) in [5.41, 5.74) is 7.70. The van der Waals surface area contributed by atoms with Crippen molar-refractivity contribution in [2.75, 3.05) is 38.0 Å². The number of amides is 3. The molecule has 0 atom stereocenters. The van der Waals surface area contributed by atoms with Crippen LogP contribution >= 0.6 is 11.3 Å². The van der Waals surface area contributed by atoms with Gasteiger partial charge in [-0.3, -0.25) is 19.3 Å². The van der Waals surface area contributed by atoms with Gasteiger partial charge in [0.2, 0.25) is 5.91 Å². The van der Waals surface area contributed by atoms with Crippen LogP contribution in [0, 0.1) is 13.8 Å². The van der Waals surface area contributed by atoms with Crippen LogP contribution in [-0.4, -0.2) is 60.2 Å². The van der Waals surface area contributed by atoms with Gasteiger partial charge in [0.05, 0.1) is 17.7 Å². The first-order valence-electron chi connectivity index (χ1n) is 10.7. The van der Waals surface area contributed by atoms with E-state index in [1.165, 1.54) is 11.3 Å². The molecule has 31 heavy (non-hydrogen) atoms. The molecule has 1 aliphatic carbocycles. The number of aryl methyl sites for hydroxylation is 3. The molecule has 1 saturated heterocycles. The van der Waals surface area contributed by atoms with Gasteiger partial charge >= 0.3 is 0 Å². The highest BCUT2D eigenvalue weighted by Crippen LogP contribution is 2.37. The summed E-state index contributed by atoms with van der Waals surface area (Å²) in [5.74, 6) is 0.678. The Bertz CT molecular complexity index is 1020. The van der Waals surface area contributed by atoms with E-state index in [0.29, 0.717) is 48.1 Å². The van der Waals surface area contributed by atoms with Crippen LogP contribution in [0.5, 0.6) is 0 Å². The van der Waals surface area contributed by atoms with Crippen molar-refractivity contribution in [1.82, 2.24) is 9.80 Å². The maximum atomic E-state index is 12.7. The molecule has 1 fully saturated rings. The summed E-state index contributed by atoms with van der Waals surface area (Å²) in [6.07, 6.45) is 3.91. The van der Waals surface area contributed by atoms with Gasteiger partial charge in [0.25, 0.3) is 11.8 Å². The van der Waals surface area contributed by atoms with E-state index in [2.05, 4.69) is 5.32 Å². The lowest BCUT2D eigenvalue weighted by molar-refractivity contribution is -0.117. The first kappa shape index (κ1) is 21.6. The van der Waals surface area contributed by atoms with E-state index in [-0.39, 0.29) is 18.4 Å². The SMILES string of the molecule is Cc1cc(C(=O)N2CCN(CC(=O)Nc3sc4c(c3C(N)=O)CCCC4)CC2)c(C)o1. The predicted molar refractivity (Wildman–Crippen MR) is 119 cm³/mol. The highest BCUT2D eigenvalue weighted by atomic mass is 32.1. The number of carbonyl (C=O) groups excluding carboxylic acids is 3. The van der Waals surface area contributed by atoms with E-state index in [1.807, 2.05) is 11.8 Å². The third-order valence-corrected chi connectivity index (χ3v) is 7.18. The molecule has 0 bridgehead atoms. The number of nitrogens with one attached hydrogen (secondary N) is 1. The molecular formula is C22H28N4O4S. The van der Waals surface area contributed by atoms with Gasteiger partial charge in [0.15, 0.2) is 0 Å². The van der Waals surface area contributed by atoms with Crippen molar-refractivity contribution < 1.29 is 18.8 Å². The van der Waals surface area contributed by atoms with Crippen molar-refractivity contribution in [3.05, 3.63) is 39.2 Å². The molecule has 2 aromatic heterocycles. The number of fused-ring (bicyclic) bond motifs is 1. The summed E-state index contributed by atoms with van der Waals surface area (Å²) >= 11 is 1.47. The Morgan fingerprint density at radius 2 is 1.84 bits per heavy atom. The third-order valence-electron chi connectivity index (χ3n) is 5.97. The van der Waals surface area contributed by atoms with Crippen LogP contribution in [0.3, 0.4) is 0 Å². The van der Waals surface area contributed by atoms with Crippen LogP contribution in [0.2, 0.25) is 0 Å².